The Morgan fingerprint density at radius 3 is 2.48 bits per heavy atom. The number of nitrogens with one attached hydrogen (secondary N) is 2. The van der Waals surface area contributed by atoms with Crippen molar-refractivity contribution in [3.8, 4) is 11.3 Å². The van der Waals surface area contributed by atoms with Gasteiger partial charge in [0.15, 0.2) is 0 Å². The lowest BCUT2D eigenvalue weighted by Crippen LogP contribution is -2.51. The van der Waals surface area contributed by atoms with E-state index in [-0.39, 0.29) is 11.9 Å². The summed E-state index contributed by atoms with van der Waals surface area (Å²) in [4.78, 5) is 22.8. The van der Waals surface area contributed by atoms with E-state index in [9.17, 15) is 4.79 Å². The molecule has 4 rings (SSSR count). The van der Waals surface area contributed by atoms with Crippen LogP contribution in [0.5, 0.6) is 0 Å². The van der Waals surface area contributed by atoms with Crippen LogP contribution in [0.15, 0.2) is 66.9 Å². The number of amides is 1. The molecule has 1 amide bonds. The summed E-state index contributed by atoms with van der Waals surface area (Å²) in [7, 11) is 0. The molecule has 2 heterocycles. The number of rotatable bonds is 7. The zero-order valence-corrected chi connectivity index (χ0v) is 16.4. The summed E-state index contributed by atoms with van der Waals surface area (Å²) in [6, 6.07) is 19.9. The Labute approximate surface area is 170 Å². The van der Waals surface area contributed by atoms with Crippen LogP contribution in [-0.4, -0.2) is 53.1 Å². The Morgan fingerprint density at radius 1 is 1.07 bits per heavy atom. The molecule has 6 nitrogen and oxygen atoms in total. The van der Waals surface area contributed by atoms with Crippen molar-refractivity contribution < 1.29 is 9.53 Å². The van der Waals surface area contributed by atoms with E-state index in [2.05, 4.69) is 27.4 Å². The molecular formula is C23H26N4O2. The van der Waals surface area contributed by atoms with E-state index < -0.39 is 0 Å². The lowest BCUT2D eigenvalue weighted by atomic mass is 10.0. The maximum Gasteiger partial charge on any atom is 0.240 e. The van der Waals surface area contributed by atoms with Gasteiger partial charge in [-0.3, -0.25) is 10.1 Å². The lowest BCUT2D eigenvalue weighted by molar-refractivity contribution is -0.137. The Balaban J connectivity index is 1.45. The second kappa shape index (κ2) is 9.49. The molecule has 1 aliphatic rings. The van der Waals surface area contributed by atoms with E-state index in [0.717, 1.165) is 22.6 Å². The first-order chi connectivity index (χ1) is 14.3. The Kier molecular flexibility index (Phi) is 6.34. The number of benzene rings is 2. The van der Waals surface area contributed by atoms with Crippen LogP contribution in [0.3, 0.4) is 0 Å². The maximum absolute atomic E-state index is 13.1. The highest BCUT2D eigenvalue weighted by atomic mass is 16.5. The third-order valence-corrected chi connectivity index (χ3v) is 5.13. The van der Waals surface area contributed by atoms with Crippen molar-refractivity contribution in [3.63, 3.8) is 0 Å². The minimum absolute atomic E-state index is 0.118. The molecular weight excluding hydrogens is 364 g/mol. The van der Waals surface area contributed by atoms with Gasteiger partial charge in [-0.2, -0.15) is 0 Å². The fraction of sp³-hybridized carbons (Fsp3) is 0.304. The van der Waals surface area contributed by atoms with E-state index in [1.54, 1.807) is 0 Å². The van der Waals surface area contributed by atoms with Crippen molar-refractivity contribution in [2.75, 3.05) is 26.3 Å². The smallest absolute Gasteiger partial charge is 0.240 e. The number of aromatic amines is 1. The molecule has 150 valence electrons. The standard InChI is InChI=1S/C23H26N4O2/c28-23(27-11-13-29-14-12-27)20(15-18-7-3-1-4-8-18)24-17-22-25-16-21(26-22)19-9-5-2-6-10-19/h1-10,16,20,24H,11-15,17H2,(H,25,26). The van der Waals surface area contributed by atoms with Crippen LogP contribution < -0.4 is 5.32 Å². The normalized spacial score (nSPS) is 15.2. The van der Waals surface area contributed by atoms with Crippen LogP contribution >= 0.6 is 0 Å². The topological polar surface area (TPSA) is 70.2 Å². The molecule has 1 saturated heterocycles. The third-order valence-electron chi connectivity index (χ3n) is 5.13. The van der Waals surface area contributed by atoms with Gasteiger partial charge in [-0.25, -0.2) is 4.98 Å². The Hall–Kier alpha value is -2.96. The molecule has 0 radical (unpaired) electrons. The number of carbonyl (C=O) groups is 1. The largest absolute Gasteiger partial charge is 0.378 e. The molecule has 0 bridgehead atoms. The molecule has 6 heteroatoms. The van der Waals surface area contributed by atoms with Gasteiger partial charge in [0, 0.05) is 13.1 Å². The lowest BCUT2D eigenvalue weighted by Gasteiger charge is -2.30. The van der Waals surface area contributed by atoms with Gasteiger partial charge in [-0.15, -0.1) is 0 Å². The molecule has 29 heavy (non-hydrogen) atoms. The zero-order valence-electron chi connectivity index (χ0n) is 16.4. The average molecular weight is 390 g/mol. The monoisotopic (exact) mass is 390 g/mol. The number of morpholine rings is 1. The zero-order chi connectivity index (χ0) is 19.9. The van der Waals surface area contributed by atoms with Crippen molar-refractivity contribution in [2.45, 2.75) is 19.0 Å². The number of imidazole rings is 1. The summed E-state index contributed by atoms with van der Waals surface area (Å²) in [6.07, 6.45) is 2.48. The molecule has 0 saturated carbocycles. The van der Waals surface area contributed by atoms with Gasteiger partial charge in [0.1, 0.15) is 5.82 Å². The van der Waals surface area contributed by atoms with E-state index in [0.29, 0.717) is 39.3 Å². The van der Waals surface area contributed by atoms with Crippen LogP contribution in [-0.2, 0) is 22.5 Å². The molecule has 0 aliphatic carbocycles. The van der Waals surface area contributed by atoms with E-state index in [4.69, 9.17) is 4.74 Å². The summed E-state index contributed by atoms with van der Waals surface area (Å²) in [5.41, 5.74) is 3.20. The first-order valence-corrected chi connectivity index (χ1v) is 10.0. The van der Waals surface area contributed by atoms with Gasteiger partial charge >= 0.3 is 0 Å². The molecule has 3 aromatic rings. The highest BCUT2D eigenvalue weighted by molar-refractivity contribution is 5.82. The minimum atomic E-state index is -0.305. The van der Waals surface area contributed by atoms with Crippen molar-refractivity contribution in [1.82, 2.24) is 20.2 Å². The number of aromatic nitrogens is 2. The Bertz CT molecular complexity index is 905. The molecule has 2 aromatic carbocycles. The second-order valence-electron chi connectivity index (χ2n) is 7.17. The summed E-state index contributed by atoms with van der Waals surface area (Å²) in [6.45, 7) is 2.99. The van der Waals surface area contributed by atoms with Crippen molar-refractivity contribution in [1.29, 1.82) is 0 Å². The van der Waals surface area contributed by atoms with E-state index in [1.807, 2.05) is 59.6 Å². The summed E-state index contributed by atoms with van der Waals surface area (Å²) >= 11 is 0. The Morgan fingerprint density at radius 2 is 1.76 bits per heavy atom. The summed E-state index contributed by atoms with van der Waals surface area (Å²) in [5, 5.41) is 3.42. The fourth-order valence-corrected chi connectivity index (χ4v) is 3.54. The molecule has 1 unspecified atom stereocenters. The van der Waals surface area contributed by atoms with Gasteiger partial charge in [0.2, 0.25) is 5.91 Å². The predicted molar refractivity (Wildman–Crippen MR) is 112 cm³/mol. The van der Waals surface area contributed by atoms with Crippen molar-refractivity contribution >= 4 is 5.91 Å². The van der Waals surface area contributed by atoms with Gasteiger partial charge in [0.25, 0.3) is 0 Å². The van der Waals surface area contributed by atoms with Gasteiger partial charge < -0.3 is 14.6 Å². The quantitative estimate of drug-likeness (QED) is 0.651. The molecule has 1 aliphatic heterocycles. The maximum atomic E-state index is 13.1. The SMILES string of the molecule is O=C(C(Cc1ccccc1)NCc1ncc(-c2ccccc2)[nH]1)N1CCOCC1. The first-order valence-electron chi connectivity index (χ1n) is 10.0. The number of hydrogen-bond acceptors (Lipinski definition) is 4. The first kappa shape index (κ1) is 19.4. The highest BCUT2D eigenvalue weighted by Gasteiger charge is 2.26. The molecule has 0 spiro atoms. The van der Waals surface area contributed by atoms with Gasteiger partial charge in [-0.05, 0) is 17.5 Å². The van der Waals surface area contributed by atoms with Crippen molar-refractivity contribution in [3.05, 3.63) is 78.2 Å². The second-order valence-corrected chi connectivity index (χ2v) is 7.17. The number of hydrogen-bond donors (Lipinski definition) is 2. The fourth-order valence-electron chi connectivity index (χ4n) is 3.54. The number of ether oxygens (including phenoxy) is 1. The summed E-state index contributed by atoms with van der Waals surface area (Å²) in [5.74, 6) is 0.934. The average Bonchev–Trinajstić information content (AvgIpc) is 3.27. The highest BCUT2D eigenvalue weighted by Crippen LogP contribution is 2.16. The molecule has 1 aromatic heterocycles. The van der Waals surface area contributed by atoms with Crippen LogP contribution in [0.2, 0.25) is 0 Å². The predicted octanol–water partition coefficient (Wildman–Crippen LogP) is 2.64. The number of carbonyl (C=O) groups excluding carboxylic acids is 1. The molecule has 1 fully saturated rings. The number of nitrogens with zero attached hydrogens (tertiary/aromatic N) is 2. The number of H-pyrrole nitrogens is 1. The van der Waals surface area contributed by atoms with Crippen LogP contribution in [0.25, 0.3) is 11.3 Å². The minimum Gasteiger partial charge on any atom is -0.378 e. The van der Waals surface area contributed by atoms with Gasteiger partial charge in [0.05, 0.1) is 37.7 Å². The van der Waals surface area contributed by atoms with Gasteiger partial charge in [-0.1, -0.05) is 60.7 Å². The third kappa shape index (κ3) is 5.10. The molecule has 2 N–H and O–H groups in total. The summed E-state index contributed by atoms with van der Waals surface area (Å²) < 4.78 is 5.39. The van der Waals surface area contributed by atoms with Crippen molar-refractivity contribution in [2.24, 2.45) is 0 Å². The van der Waals surface area contributed by atoms with E-state index >= 15 is 0 Å². The molecule has 1 atom stereocenters. The van der Waals surface area contributed by atoms with Crippen LogP contribution in [0.1, 0.15) is 11.4 Å². The van der Waals surface area contributed by atoms with Crippen LogP contribution in [0, 0.1) is 0 Å². The van der Waals surface area contributed by atoms with Crippen LogP contribution in [0.4, 0.5) is 0 Å². The van der Waals surface area contributed by atoms with E-state index in [1.165, 1.54) is 0 Å².